The van der Waals surface area contributed by atoms with Crippen LogP contribution >= 0.6 is 11.3 Å². The molecule has 6 nitrogen and oxygen atoms in total. The Balaban J connectivity index is 1.11. The van der Waals surface area contributed by atoms with E-state index in [1.807, 2.05) is 35.0 Å². The summed E-state index contributed by atoms with van der Waals surface area (Å²) in [5, 5.41) is 9.28. The zero-order valence-corrected chi connectivity index (χ0v) is 17.3. The lowest BCUT2D eigenvalue weighted by Crippen LogP contribution is -2.25. The lowest BCUT2D eigenvalue weighted by Gasteiger charge is -2.27. The smallest absolute Gasteiger partial charge is 0.214 e. The summed E-state index contributed by atoms with van der Waals surface area (Å²) in [6.07, 6.45) is 6.53. The molecule has 0 spiro atoms. The number of nitrogens with zero attached hydrogens (tertiary/aromatic N) is 4. The average Bonchev–Trinajstić information content (AvgIpc) is 3.48. The molecule has 1 aliphatic rings. The number of aromatic amines is 1. The van der Waals surface area contributed by atoms with Crippen molar-refractivity contribution in [3.05, 3.63) is 66.6 Å². The number of imidazole rings is 2. The van der Waals surface area contributed by atoms with Gasteiger partial charge in [-0.25, -0.2) is 14.5 Å². The van der Waals surface area contributed by atoms with E-state index in [1.165, 1.54) is 0 Å². The predicted molar refractivity (Wildman–Crippen MR) is 121 cm³/mol. The van der Waals surface area contributed by atoms with Gasteiger partial charge in [0, 0.05) is 17.5 Å². The first-order valence-corrected chi connectivity index (χ1v) is 11.3. The van der Waals surface area contributed by atoms with Crippen LogP contribution in [0.3, 0.4) is 0 Å². The number of nitrogens with one attached hydrogen (secondary N) is 2. The van der Waals surface area contributed by atoms with Gasteiger partial charge in [-0.1, -0.05) is 53.8 Å². The van der Waals surface area contributed by atoms with Crippen LogP contribution in [0.25, 0.3) is 27.3 Å². The van der Waals surface area contributed by atoms with Crippen LogP contribution < -0.4 is 5.32 Å². The minimum Gasteiger partial charge on any atom is -0.357 e. The molecule has 0 unspecified atom stereocenters. The second-order valence-electron chi connectivity index (χ2n) is 7.96. The number of aromatic nitrogens is 5. The number of fused-ring (bicyclic) bond motifs is 2. The third-order valence-electron chi connectivity index (χ3n) is 5.96. The topological polar surface area (TPSA) is 70.9 Å². The monoisotopic (exact) mass is 414 g/mol. The Morgan fingerprint density at radius 1 is 0.933 bits per heavy atom. The van der Waals surface area contributed by atoms with Crippen molar-refractivity contribution in [1.29, 1.82) is 0 Å². The fraction of sp³-hybridized carbons (Fsp3) is 0.261. The van der Waals surface area contributed by atoms with Crippen LogP contribution in [0.2, 0.25) is 0 Å². The molecule has 1 aliphatic carbocycles. The van der Waals surface area contributed by atoms with Gasteiger partial charge in [-0.3, -0.25) is 0 Å². The summed E-state index contributed by atoms with van der Waals surface area (Å²) in [5.74, 6) is 1.65. The Bertz CT molecular complexity index is 1230. The van der Waals surface area contributed by atoms with Gasteiger partial charge in [-0.2, -0.15) is 0 Å². The van der Waals surface area contributed by atoms with Gasteiger partial charge in [0.05, 0.1) is 22.9 Å². The maximum atomic E-state index is 4.80. The van der Waals surface area contributed by atoms with Crippen LogP contribution in [0.1, 0.15) is 37.4 Å². The van der Waals surface area contributed by atoms with Crippen molar-refractivity contribution in [3.8, 4) is 11.3 Å². The van der Waals surface area contributed by atoms with Crippen LogP contribution in [0.4, 0.5) is 5.13 Å². The van der Waals surface area contributed by atoms with E-state index in [9.17, 15) is 0 Å². The number of H-pyrrole nitrogens is 1. The van der Waals surface area contributed by atoms with Crippen molar-refractivity contribution >= 4 is 32.5 Å². The number of rotatable bonds is 4. The summed E-state index contributed by atoms with van der Waals surface area (Å²) in [5.41, 5.74) is 4.28. The first-order chi connectivity index (χ1) is 14.8. The highest BCUT2D eigenvalue weighted by Gasteiger charge is 2.25. The van der Waals surface area contributed by atoms with E-state index in [-0.39, 0.29) is 0 Å². The van der Waals surface area contributed by atoms with E-state index in [4.69, 9.17) is 15.1 Å². The van der Waals surface area contributed by atoms with Crippen LogP contribution in [-0.4, -0.2) is 30.6 Å². The van der Waals surface area contributed by atoms with Crippen molar-refractivity contribution in [3.63, 3.8) is 0 Å². The van der Waals surface area contributed by atoms with Crippen molar-refractivity contribution in [2.45, 2.75) is 37.6 Å². The second kappa shape index (κ2) is 7.25. The summed E-state index contributed by atoms with van der Waals surface area (Å²) in [4.78, 5) is 14.0. The molecule has 30 heavy (non-hydrogen) atoms. The van der Waals surface area contributed by atoms with Gasteiger partial charge < -0.3 is 10.3 Å². The van der Waals surface area contributed by atoms with Gasteiger partial charge >= 0.3 is 0 Å². The molecule has 0 bridgehead atoms. The van der Waals surface area contributed by atoms with E-state index in [1.54, 1.807) is 11.3 Å². The van der Waals surface area contributed by atoms with Crippen molar-refractivity contribution in [2.24, 2.45) is 0 Å². The van der Waals surface area contributed by atoms with Crippen LogP contribution in [-0.2, 0) is 0 Å². The first kappa shape index (κ1) is 17.7. The Morgan fingerprint density at radius 3 is 2.53 bits per heavy atom. The normalized spacial score (nSPS) is 19.5. The largest absolute Gasteiger partial charge is 0.357 e. The van der Waals surface area contributed by atoms with E-state index < -0.39 is 0 Å². The summed E-state index contributed by atoms with van der Waals surface area (Å²) in [7, 11) is 0. The minimum atomic E-state index is 0.454. The highest BCUT2D eigenvalue weighted by Crippen LogP contribution is 2.34. The zero-order valence-electron chi connectivity index (χ0n) is 16.5. The van der Waals surface area contributed by atoms with E-state index in [2.05, 4.69) is 40.6 Å². The molecular formula is C23H22N6S. The maximum absolute atomic E-state index is 4.80. The average molecular weight is 415 g/mol. The number of hydrogen-bond acceptors (Lipinski definition) is 5. The summed E-state index contributed by atoms with van der Waals surface area (Å²) < 4.78 is 1.88. The van der Waals surface area contributed by atoms with Crippen molar-refractivity contribution in [1.82, 2.24) is 24.6 Å². The molecule has 0 atom stereocenters. The van der Waals surface area contributed by atoms with Gasteiger partial charge in [0.2, 0.25) is 10.1 Å². The van der Waals surface area contributed by atoms with Crippen molar-refractivity contribution < 1.29 is 0 Å². The molecule has 1 saturated carbocycles. The third-order valence-corrected chi connectivity index (χ3v) is 6.82. The Kier molecular flexibility index (Phi) is 4.27. The Hall–Kier alpha value is -3.19. The van der Waals surface area contributed by atoms with Crippen LogP contribution in [0.15, 0.2) is 60.8 Å². The number of hydrogen-bond donors (Lipinski definition) is 2. The summed E-state index contributed by atoms with van der Waals surface area (Å²) >= 11 is 1.62. The molecule has 0 aliphatic heterocycles. The first-order valence-electron chi connectivity index (χ1n) is 10.4. The lowest BCUT2D eigenvalue weighted by atomic mass is 9.85. The molecule has 5 aromatic rings. The van der Waals surface area contributed by atoms with Gasteiger partial charge in [0.1, 0.15) is 5.82 Å². The second-order valence-corrected chi connectivity index (χ2v) is 8.91. The molecule has 6 rings (SSSR count). The Morgan fingerprint density at radius 2 is 1.73 bits per heavy atom. The minimum absolute atomic E-state index is 0.454. The van der Waals surface area contributed by atoms with E-state index in [0.29, 0.717) is 12.0 Å². The van der Waals surface area contributed by atoms with Gasteiger partial charge in [-0.05, 0) is 37.8 Å². The standard InChI is InChI=1S/C23H22N6S/c1-2-6-15(7-3-1)20-14-29-23(27-20)30-22(28-29)24-17-12-10-16(11-13-17)21-25-18-8-4-5-9-19(18)26-21/h1-9,14,16-17H,10-13H2,(H,24,28)(H,25,26). The Labute approximate surface area is 178 Å². The molecule has 0 saturated heterocycles. The predicted octanol–water partition coefficient (Wildman–Crippen LogP) is 5.47. The van der Waals surface area contributed by atoms with Crippen molar-refractivity contribution in [2.75, 3.05) is 5.32 Å². The fourth-order valence-corrected chi connectivity index (χ4v) is 5.22. The molecule has 0 radical (unpaired) electrons. The third kappa shape index (κ3) is 3.25. The lowest BCUT2D eigenvalue weighted by molar-refractivity contribution is 0.402. The molecule has 0 amide bonds. The zero-order chi connectivity index (χ0) is 19.9. The quantitative estimate of drug-likeness (QED) is 0.409. The molecule has 3 heterocycles. The summed E-state index contributed by atoms with van der Waals surface area (Å²) in [6.45, 7) is 0. The van der Waals surface area contributed by atoms with Gasteiger partial charge in [-0.15, -0.1) is 5.10 Å². The fourth-order valence-electron chi connectivity index (χ4n) is 4.36. The highest BCUT2D eigenvalue weighted by atomic mass is 32.1. The number of anilines is 1. The highest BCUT2D eigenvalue weighted by molar-refractivity contribution is 7.20. The number of benzene rings is 2. The van der Waals surface area contributed by atoms with E-state index in [0.717, 1.165) is 63.9 Å². The molecule has 2 aromatic carbocycles. The van der Waals surface area contributed by atoms with E-state index >= 15 is 0 Å². The summed E-state index contributed by atoms with van der Waals surface area (Å²) in [6, 6.07) is 19.0. The molecule has 3 aromatic heterocycles. The molecule has 7 heteroatoms. The molecule has 2 N–H and O–H groups in total. The van der Waals surface area contributed by atoms with Crippen LogP contribution in [0.5, 0.6) is 0 Å². The van der Waals surface area contributed by atoms with Crippen LogP contribution in [0, 0.1) is 0 Å². The number of para-hydroxylation sites is 2. The van der Waals surface area contributed by atoms with Gasteiger partial charge in [0.25, 0.3) is 0 Å². The molecule has 1 fully saturated rings. The molecule has 150 valence electrons. The van der Waals surface area contributed by atoms with Gasteiger partial charge in [0.15, 0.2) is 0 Å². The molecular weight excluding hydrogens is 392 g/mol. The maximum Gasteiger partial charge on any atom is 0.214 e. The SMILES string of the molecule is c1ccc(-c2cn3nc(NC4CCC(c5nc6ccccc6[nH]5)CC4)sc3n2)cc1.